The molecule has 1 heterocycles. The molecule has 0 aliphatic carbocycles. The van der Waals surface area contributed by atoms with Gasteiger partial charge in [0.05, 0.1) is 6.10 Å². The van der Waals surface area contributed by atoms with Crippen molar-refractivity contribution < 1.29 is 9.90 Å². The molecule has 2 N–H and O–H groups in total. The average molecular weight is 303 g/mol. The Labute approximate surface area is 132 Å². The number of likely N-dealkylation sites (tertiary alicyclic amines) is 1. The Morgan fingerprint density at radius 2 is 1.76 bits per heavy atom. The number of carbonyl (C=O) groups excluding carboxylic acids is 1. The number of likely N-dealkylation sites (N-methyl/N-ethyl adjacent to an activating group) is 1. The van der Waals surface area contributed by atoms with Crippen LogP contribution in [0.5, 0.6) is 0 Å². The van der Waals surface area contributed by atoms with Gasteiger partial charge in [-0.25, -0.2) is 0 Å². The first kappa shape index (κ1) is 22.8. The summed E-state index contributed by atoms with van der Waals surface area (Å²) in [5.74, 6) is 0.169. The van der Waals surface area contributed by atoms with Gasteiger partial charge in [0, 0.05) is 32.1 Å². The van der Waals surface area contributed by atoms with Gasteiger partial charge >= 0.3 is 0 Å². The van der Waals surface area contributed by atoms with Gasteiger partial charge in [-0.15, -0.1) is 0 Å². The van der Waals surface area contributed by atoms with Crippen molar-refractivity contribution in [1.29, 1.82) is 0 Å². The molecule has 0 aromatic rings. The van der Waals surface area contributed by atoms with E-state index in [0.717, 1.165) is 45.3 Å². The molecule has 0 aromatic heterocycles. The lowest BCUT2D eigenvalue weighted by Crippen LogP contribution is -2.39. The lowest BCUT2D eigenvalue weighted by molar-refractivity contribution is -0.113. The third kappa shape index (κ3) is 13.0. The summed E-state index contributed by atoms with van der Waals surface area (Å²) in [6, 6.07) is 0. The highest BCUT2D eigenvalue weighted by Gasteiger charge is 2.18. The minimum Gasteiger partial charge on any atom is -0.393 e. The minimum absolute atomic E-state index is 0.0409. The van der Waals surface area contributed by atoms with Gasteiger partial charge < -0.3 is 20.1 Å². The third-order valence-corrected chi connectivity index (χ3v) is 3.81. The van der Waals surface area contributed by atoms with Crippen LogP contribution in [0, 0.1) is 11.3 Å². The average Bonchev–Trinajstić information content (AvgIpc) is 2.47. The lowest BCUT2D eigenvalue weighted by Gasteiger charge is -2.29. The predicted molar refractivity (Wildman–Crippen MR) is 91.6 cm³/mol. The van der Waals surface area contributed by atoms with Crippen molar-refractivity contribution in [2.45, 2.75) is 60.5 Å². The number of piperidine rings is 1. The monoisotopic (exact) mass is 302 g/mol. The number of carbonyl (C=O) groups is 1. The van der Waals surface area contributed by atoms with E-state index in [1.165, 1.54) is 0 Å². The van der Waals surface area contributed by atoms with Gasteiger partial charge in [0.25, 0.3) is 0 Å². The maximum absolute atomic E-state index is 10.2. The Kier molecular flexibility index (Phi) is 14.4. The van der Waals surface area contributed by atoms with Crippen molar-refractivity contribution in [3.63, 3.8) is 0 Å². The molecule has 1 aliphatic heterocycles. The summed E-state index contributed by atoms with van der Waals surface area (Å²) in [7, 11) is 1.97. The van der Waals surface area contributed by atoms with Crippen molar-refractivity contribution >= 4 is 6.29 Å². The van der Waals surface area contributed by atoms with Gasteiger partial charge in [-0.1, -0.05) is 41.5 Å². The Bertz CT molecular complexity index is 229. The molecule has 1 rings (SSSR count). The Morgan fingerprint density at radius 3 is 2.05 bits per heavy atom. The highest BCUT2D eigenvalue weighted by Crippen LogP contribution is 2.22. The van der Waals surface area contributed by atoms with Gasteiger partial charge in [-0.2, -0.15) is 0 Å². The van der Waals surface area contributed by atoms with Crippen LogP contribution in [0.3, 0.4) is 0 Å². The van der Waals surface area contributed by atoms with Crippen LogP contribution < -0.4 is 5.32 Å². The molecule has 1 saturated heterocycles. The van der Waals surface area contributed by atoms with E-state index in [4.69, 9.17) is 0 Å². The Morgan fingerprint density at radius 1 is 1.29 bits per heavy atom. The molecule has 1 aliphatic rings. The van der Waals surface area contributed by atoms with Crippen LogP contribution in [0.15, 0.2) is 0 Å². The van der Waals surface area contributed by atoms with Crippen molar-refractivity contribution in [3.05, 3.63) is 0 Å². The highest BCUT2D eigenvalue weighted by atomic mass is 16.3. The zero-order valence-electron chi connectivity index (χ0n) is 15.3. The molecule has 1 atom stereocenters. The van der Waals surface area contributed by atoms with E-state index in [1.54, 1.807) is 0 Å². The van der Waals surface area contributed by atoms with Gasteiger partial charge in [0.15, 0.2) is 0 Å². The number of nitrogens with one attached hydrogen (secondary N) is 1. The normalized spacial score (nSPS) is 17.9. The third-order valence-electron chi connectivity index (χ3n) is 3.81. The predicted octanol–water partition coefficient (Wildman–Crippen LogP) is 2.56. The number of nitrogens with zero attached hydrogens (tertiary/aromatic N) is 1. The van der Waals surface area contributed by atoms with E-state index >= 15 is 0 Å². The van der Waals surface area contributed by atoms with Crippen molar-refractivity contribution in [1.82, 2.24) is 10.2 Å². The number of hydrogen-bond acceptors (Lipinski definition) is 4. The zero-order valence-corrected chi connectivity index (χ0v) is 15.3. The van der Waals surface area contributed by atoms with E-state index in [-0.39, 0.29) is 17.4 Å². The molecule has 4 heteroatoms. The molecule has 1 unspecified atom stereocenters. The summed E-state index contributed by atoms with van der Waals surface area (Å²) in [6.07, 6.45) is 2.86. The number of aliphatic hydroxyl groups excluding tert-OH is 1. The standard InChI is InChI=1S/C8H18N2O.C7H14O.C2H6/c1-9-4-7-10-5-2-8(11)3-6-10;1-6(5-8)7(2,3)4;1-2/h8-9,11H,2-7H2,1H3;5-6H,1-4H3;1-2H3. The van der Waals surface area contributed by atoms with Crippen LogP contribution in [0.1, 0.15) is 54.4 Å². The molecule has 21 heavy (non-hydrogen) atoms. The zero-order chi connectivity index (χ0) is 16.9. The van der Waals surface area contributed by atoms with Crippen molar-refractivity contribution in [2.24, 2.45) is 11.3 Å². The van der Waals surface area contributed by atoms with Crippen molar-refractivity contribution in [2.75, 3.05) is 33.2 Å². The molecule has 1 fully saturated rings. The summed E-state index contributed by atoms with van der Waals surface area (Å²) < 4.78 is 0. The summed E-state index contributed by atoms with van der Waals surface area (Å²) in [5, 5.41) is 12.3. The number of hydrogen-bond donors (Lipinski definition) is 2. The summed E-state index contributed by atoms with van der Waals surface area (Å²) >= 11 is 0. The molecule has 0 bridgehead atoms. The number of aliphatic hydroxyl groups is 1. The molecule has 0 amide bonds. The molecule has 128 valence electrons. The van der Waals surface area contributed by atoms with Crippen molar-refractivity contribution in [3.8, 4) is 0 Å². The van der Waals surface area contributed by atoms with Crippen LogP contribution in [0.2, 0.25) is 0 Å². The Balaban J connectivity index is 0. The second-order valence-electron chi connectivity index (χ2n) is 6.47. The Hall–Kier alpha value is -0.450. The van der Waals surface area contributed by atoms with Crippen LogP contribution in [-0.2, 0) is 4.79 Å². The van der Waals surface area contributed by atoms with E-state index in [1.807, 2.05) is 27.8 Å². The van der Waals surface area contributed by atoms with Gasteiger partial charge in [0.2, 0.25) is 0 Å². The molecular formula is C17H38N2O2. The molecule has 0 spiro atoms. The SMILES string of the molecule is CC.CC(C=O)C(C)(C)C.CNCCN1CCC(O)CC1. The smallest absolute Gasteiger partial charge is 0.123 e. The van der Waals surface area contributed by atoms with Crippen LogP contribution in [0.25, 0.3) is 0 Å². The molecular weight excluding hydrogens is 264 g/mol. The fourth-order valence-electron chi connectivity index (χ4n) is 1.62. The maximum atomic E-state index is 10.2. The quantitative estimate of drug-likeness (QED) is 0.784. The summed E-state index contributed by atoms with van der Waals surface area (Å²) in [6.45, 7) is 16.4. The summed E-state index contributed by atoms with van der Waals surface area (Å²) in [4.78, 5) is 12.5. The van der Waals surface area contributed by atoms with Gasteiger partial charge in [-0.3, -0.25) is 0 Å². The van der Waals surface area contributed by atoms with Gasteiger partial charge in [-0.05, 0) is 25.3 Å². The second kappa shape index (κ2) is 13.2. The fourth-order valence-corrected chi connectivity index (χ4v) is 1.62. The van der Waals surface area contributed by atoms with Crippen LogP contribution in [0.4, 0.5) is 0 Å². The second-order valence-corrected chi connectivity index (χ2v) is 6.47. The largest absolute Gasteiger partial charge is 0.393 e. The molecule has 0 radical (unpaired) electrons. The fraction of sp³-hybridized carbons (Fsp3) is 0.941. The highest BCUT2D eigenvalue weighted by molar-refractivity contribution is 5.53. The lowest BCUT2D eigenvalue weighted by atomic mass is 9.83. The van der Waals surface area contributed by atoms with Gasteiger partial charge in [0.1, 0.15) is 6.29 Å². The number of aldehydes is 1. The molecule has 4 nitrogen and oxygen atoms in total. The van der Waals surface area contributed by atoms with Crippen LogP contribution in [-0.4, -0.2) is 55.6 Å². The first-order valence-corrected chi connectivity index (χ1v) is 8.31. The first-order chi connectivity index (χ1) is 9.81. The number of rotatable bonds is 4. The van der Waals surface area contributed by atoms with E-state index in [0.29, 0.717) is 0 Å². The molecule has 0 aromatic carbocycles. The van der Waals surface area contributed by atoms with Crippen LogP contribution >= 0.6 is 0 Å². The molecule has 0 saturated carbocycles. The van der Waals surface area contributed by atoms with E-state index in [2.05, 4.69) is 31.0 Å². The topological polar surface area (TPSA) is 52.6 Å². The maximum Gasteiger partial charge on any atom is 0.123 e. The minimum atomic E-state index is -0.0409. The first-order valence-electron chi connectivity index (χ1n) is 8.31. The summed E-state index contributed by atoms with van der Waals surface area (Å²) in [5.41, 5.74) is 0.141. The van der Waals surface area contributed by atoms with E-state index < -0.39 is 0 Å². The van der Waals surface area contributed by atoms with E-state index in [9.17, 15) is 9.90 Å².